The van der Waals surface area contributed by atoms with Crippen molar-refractivity contribution < 1.29 is 14.7 Å². The molecule has 0 aliphatic carbocycles. The third-order valence-electron chi connectivity index (χ3n) is 2.99. The highest BCUT2D eigenvalue weighted by Gasteiger charge is 2.18. The molecule has 0 aliphatic heterocycles. The first kappa shape index (κ1) is 18.8. The Morgan fingerprint density at radius 1 is 1.25 bits per heavy atom. The van der Waals surface area contributed by atoms with Crippen LogP contribution in [-0.2, 0) is 4.79 Å². The van der Waals surface area contributed by atoms with Crippen molar-refractivity contribution in [3.05, 3.63) is 62.4 Å². The minimum Gasteiger partial charge on any atom is -0.480 e. The third-order valence-corrected chi connectivity index (χ3v) is 2.99. The molecule has 7 N–H and O–H groups in total. The number of para-hydroxylation sites is 1. The molecule has 2 aromatic rings. The Morgan fingerprint density at radius 3 is 2.38 bits per heavy atom. The van der Waals surface area contributed by atoms with Crippen molar-refractivity contribution >= 4 is 17.4 Å². The normalized spacial score (nSPS) is 11.1. The molecule has 1 unspecified atom stereocenters. The highest BCUT2D eigenvalue weighted by molar-refractivity contribution is 6.02. The van der Waals surface area contributed by atoms with Gasteiger partial charge in [-0.05, 0) is 19.1 Å². The Kier molecular flexibility index (Phi) is 6.63. The molecule has 0 amide bonds. The van der Waals surface area contributed by atoms with Crippen molar-refractivity contribution in [1.82, 2.24) is 9.97 Å². The Morgan fingerprint density at radius 2 is 1.88 bits per heavy atom. The fourth-order valence-corrected chi connectivity index (χ4v) is 1.63. The zero-order chi connectivity index (χ0) is 18.3. The number of rotatable bonds is 4. The van der Waals surface area contributed by atoms with Gasteiger partial charge in [-0.3, -0.25) is 19.4 Å². The molecule has 1 aromatic heterocycles. The summed E-state index contributed by atoms with van der Waals surface area (Å²) < 4.78 is 0. The molecular weight excluding hydrogens is 316 g/mol. The van der Waals surface area contributed by atoms with Gasteiger partial charge < -0.3 is 21.6 Å². The third kappa shape index (κ3) is 5.54. The maximum atomic E-state index is 11.6. The minimum absolute atomic E-state index is 0.246. The van der Waals surface area contributed by atoms with Crippen molar-refractivity contribution in [1.29, 1.82) is 0 Å². The zero-order valence-electron chi connectivity index (χ0n) is 12.9. The lowest BCUT2D eigenvalue weighted by atomic mass is 10.0. The zero-order valence-corrected chi connectivity index (χ0v) is 12.9. The van der Waals surface area contributed by atoms with Gasteiger partial charge >= 0.3 is 11.7 Å². The highest BCUT2D eigenvalue weighted by atomic mass is 16.4. The molecule has 0 saturated heterocycles. The number of aromatic amines is 2. The molecule has 0 radical (unpaired) electrons. The van der Waals surface area contributed by atoms with E-state index in [2.05, 4.69) is 9.97 Å². The van der Waals surface area contributed by atoms with Gasteiger partial charge in [0.15, 0.2) is 5.78 Å². The van der Waals surface area contributed by atoms with Gasteiger partial charge in [0.2, 0.25) is 0 Å². The number of nitrogen functional groups attached to an aromatic ring is 1. The molecule has 2 rings (SSSR count). The first-order valence-electron chi connectivity index (χ1n) is 6.87. The lowest BCUT2D eigenvalue weighted by molar-refractivity contribution is -0.138. The van der Waals surface area contributed by atoms with Crippen LogP contribution in [0.3, 0.4) is 0 Å². The molecule has 9 heteroatoms. The van der Waals surface area contributed by atoms with E-state index in [4.69, 9.17) is 16.6 Å². The summed E-state index contributed by atoms with van der Waals surface area (Å²) in [6, 6.07) is 5.31. The van der Waals surface area contributed by atoms with Crippen molar-refractivity contribution in [3.8, 4) is 0 Å². The Balaban J connectivity index is 0.000000272. The van der Waals surface area contributed by atoms with Crippen LogP contribution < -0.4 is 22.7 Å². The number of Topliss-reactive ketones (excluding diaryl/α,β-unsaturated/α-hetero) is 1. The average molecular weight is 334 g/mol. The second-order valence-electron chi connectivity index (χ2n) is 4.91. The van der Waals surface area contributed by atoms with Crippen LogP contribution in [0.1, 0.15) is 22.3 Å². The molecular formula is C15H18N4O5. The van der Waals surface area contributed by atoms with Crippen molar-refractivity contribution in [2.45, 2.75) is 19.4 Å². The summed E-state index contributed by atoms with van der Waals surface area (Å²) in [5.41, 5.74) is 11.2. The van der Waals surface area contributed by atoms with E-state index in [0.29, 0.717) is 16.8 Å². The van der Waals surface area contributed by atoms with E-state index in [-0.39, 0.29) is 17.8 Å². The molecule has 1 atom stereocenters. The fourth-order valence-electron chi connectivity index (χ4n) is 1.63. The largest absolute Gasteiger partial charge is 0.480 e. The summed E-state index contributed by atoms with van der Waals surface area (Å²) in [4.78, 5) is 47.3. The Bertz CT molecular complexity index is 840. The molecule has 0 fully saturated rings. The van der Waals surface area contributed by atoms with Crippen molar-refractivity contribution in [2.24, 2.45) is 5.73 Å². The number of carboxylic acid groups (broad SMARTS) is 1. The van der Waals surface area contributed by atoms with Gasteiger partial charge in [-0.1, -0.05) is 12.1 Å². The molecule has 1 aromatic carbocycles. The SMILES string of the molecule is Cc1c[nH]c(=O)[nH]c1=O.Nc1ccccc1C(=O)CC(N)C(=O)O. The van der Waals surface area contributed by atoms with Crippen LogP contribution in [0, 0.1) is 6.92 Å². The number of carbonyl (C=O) groups is 2. The number of aryl methyl sites for hydroxylation is 1. The first-order valence-corrected chi connectivity index (χ1v) is 6.87. The van der Waals surface area contributed by atoms with E-state index in [9.17, 15) is 19.2 Å². The van der Waals surface area contributed by atoms with Crippen LogP contribution in [0.15, 0.2) is 40.1 Å². The van der Waals surface area contributed by atoms with E-state index < -0.39 is 17.7 Å². The minimum atomic E-state index is -1.20. The molecule has 0 saturated carbocycles. The van der Waals surface area contributed by atoms with Gasteiger partial charge in [-0.2, -0.15) is 0 Å². The van der Waals surface area contributed by atoms with E-state index in [0.717, 1.165) is 0 Å². The van der Waals surface area contributed by atoms with Gasteiger partial charge in [-0.15, -0.1) is 0 Å². The smallest absolute Gasteiger partial charge is 0.325 e. The van der Waals surface area contributed by atoms with Gasteiger partial charge in [-0.25, -0.2) is 4.79 Å². The summed E-state index contributed by atoms with van der Waals surface area (Å²) in [6.07, 6.45) is 1.13. The van der Waals surface area contributed by atoms with E-state index in [1.54, 1.807) is 31.2 Å². The number of nitrogens with one attached hydrogen (secondary N) is 2. The number of aromatic nitrogens is 2. The van der Waals surface area contributed by atoms with Crippen LogP contribution in [0.25, 0.3) is 0 Å². The van der Waals surface area contributed by atoms with Crippen molar-refractivity contribution in [2.75, 3.05) is 5.73 Å². The second kappa shape index (κ2) is 8.44. The summed E-state index contributed by atoms with van der Waals surface area (Å²) in [7, 11) is 0. The lowest BCUT2D eigenvalue weighted by Gasteiger charge is -2.07. The van der Waals surface area contributed by atoms with Gasteiger partial charge in [0.25, 0.3) is 5.56 Å². The predicted octanol–water partition coefficient (Wildman–Crippen LogP) is -0.375. The van der Waals surface area contributed by atoms with Crippen LogP contribution in [-0.4, -0.2) is 32.9 Å². The van der Waals surface area contributed by atoms with E-state index in [1.165, 1.54) is 6.20 Å². The molecule has 0 bridgehead atoms. The second-order valence-corrected chi connectivity index (χ2v) is 4.91. The number of hydrogen-bond acceptors (Lipinski definition) is 6. The average Bonchev–Trinajstić information content (AvgIpc) is 2.52. The number of carbonyl (C=O) groups excluding carboxylic acids is 1. The number of nitrogens with two attached hydrogens (primary N) is 2. The number of aliphatic carboxylic acids is 1. The highest BCUT2D eigenvalue weighted by Crippen LogP contribution is 2.13. The molecule has 24 heavy (non-hydrogen) atoms. The van der Waals surface area contributed by atoms with E-state index in [1.807, 2.05) is 0 Å². The molecule has 128 valence electrons. The lowest BCUT2D eigenvalue weighted by Crippen LogP contribution is -2.32. The number of benzene rings is 1. The predicted molar refractivity (Wildman–Crippen MR) is 87.8 cm³/mol. The summed E-state index contributed by atoms with van der Waals surface area (Å²) in [5.74, 6) is -1.55. The van der Waals surface area contributed by atoms with Crippen molar-refractivity contribution in [3.63, 3.8) is 0 Å². The standard InChI is InChI=1S/C10H12N2O3.C5H6N2O2/c11-7-4-2-1-3-6(7)9(13)5-8(12)10(14)15;1-3-2-6-5(9)7-4(3)8/h1-4,8H,5,11-12H2,(H,14,15);2H,1H3,(H2,6,7,8,9). The van der Waals surface area contributed by atoms with E-state index >= 15 is 0 Å². The van der Waals surface area contributed by atoms with Crippen LogP contribution in [0.4, 0.5) is 5.69 Å². The van der Waals surface area contributed by atoms with Crippen LogP contribution in [0.5, 0.6) is 0 Å². The van der Waals surface area contributed by atoms with Gasteiger partial charge in [0.05, 0.1) is 0 Å². The first-order chi connectivity index (χ1) is 11.2. The number of ketones is 1. The quantitative estimate of drug-likeness (QED) is 0.374. The Labute approximate surface area is 136 Å². The van der Waals surface area contributed by atoms with Gasteiger partial charge in [0.1, 0.15) is 6.04 Å². The summed E-state index contributed by atoms with van der Waals surface area (Å²) in [6.45, 7) is 1.62. The molecule has 0 aliphatic rings. The Hall–Kier alpha value is -3.20. The molecule has 0 spiro atoms. The topological polar surface area (TPSA) is 172 Å². The molecule has 1 heterocycles. The fraction of sp³-hybridized carbons (Fsp3) is 0.200. The monoisotopic (exact) mass is 334 g/mol. The number of hydrogen-bond donors (Lipinski definition) is 5. The maximum Gasteiger partial charge on any atom is 0.325 e. The maximum absolute atomic E-state index is 11.6. The molecule has 9 nitrogen and oxygen atoms in total. The summed E-state index contributed by atoms with van der Waals surface area (Å²) in [5, 5.41) is 8.54. The van der Waals surface area contributed by atoms with Gasteiger partial charge in [0, 0.05) is 29.4 Å². The van der Waals surface area contributed by atoms with Crippen LogP contribution in [0.2, 0.25) is 0 Å². The number of H-pyrrole nitrogens is 2. The number of anilines is 1. The van der Waals surface area contributed by atoms with Crippen LogP contribution >= 0.6 is 0 Å². The number of carboxylic acids is 1. The summed E-state index contributed by atoms with van der Waals surface area (Å²) >= 11 is 0.